The molecule has 0 aromatic carbocycles. The van der Waals surface area contributed by atoms with Gasteiger partial charge in [0.05, 0.1) is 5.54 Å². The van der Waals surface area contributed by atoms with Gasteiger partial charge in [-0.15, -0.1) is 0 Å². The predicted octanol–water partition coefficient (Wildman–Crippen LogP) is 0.739. The SMILES string of the molecule is CCN1CCC(N(C)C(C)(CN)C(OC)OC)CC1. The molecule has 1 saturated heterocycles. The maximum absolute atomic E-state index is 6.01. The van der Waals surface area contributed by atoms with Gasteiger partial charge in [-0.25, -0.2) is 0 Å². The van der Waals surface area contributed by atoms with Crippen LogP contribution in [0.15, 0.2) is 0 Å². The van der Waals surface area contributed by atoms with E-state index in [9.17, 15) is 0 Å². The number of nitrogens with zero attached hydrogens (tertiary/aromatic N) is 2. The zero-order valence-electron chi connectivity index (χ0n) is 13.2. The molecule has 1 aliphatic heterocycles. The Labute approximate surface area is 118 Å². The molecule has 0 radical (unpaired) electrons. The zero-order chi connectivity index (χ0) is 14.5. The molecular weight excluding hydrogens is 242 g/mol. The third kappa shape index (κ3) is 3.67. The van der Waals surface area contributed by atoms with Gasteiger partial charge in [-0.3, -0.25) is 4.90 Å². The second kappa shape index (κ2) is 7.55. The Morgan fingerprint density at radius 3 is 2.21 bits per heavy atom. The molecule has 1 aliphatic rings. The number of likely N-dealkylation sites (tertiary alicyclic amines) is 1. The Morgan fingerprint density at radius 2 is 1.84 bits per heavy atom. The van der Waals surface area contributed by atoms with Gasteiger partial charge in [-0.05, 0) is 46.4 Å². The highest BCUT2D eigenvalue weighted by Gasteiger charge is 2.41. The molecule has 0 bridgehead atoms. The van der Waals surface area contributed by atoms with Gasteiger partial charge in [0.1, 0.15) is 0 Å². The highest BCUT2D eigenvalue weighted by molar-refractivity contribution is 4.94. The maximum atomic E-state index is 6.01. The van der Waals surface area contributed by atoms with Crippen LogP contribution in [0.1, 0.15) is 26.7 Å². The van der Waals surface area contributed by atoms with Crippen molar-refractivity contribution in [1.29, 1.82) is 0 Å². The first-order chi connectivity index (χ1) is 9.03. The number of nitrogens with two attached hydrogens (primary N) is 1. The number of methoxy groups -OCH3 is 2. The number of piperidine rings is 1. The van der Waals surface area contributed by atoms with E-state index in [1.807, 2.05) is 0 Å². The van der Waals surface area contributed by atoms with Crippen molar-refractivity contribution in [3.05, 3.63) is 0 Å². The molecule has 1 rings (SSSR count). The fourth-order valence-electron chi connectivity index (χ4n) is 3.05. The van der Waals surface area contributed by atoms with Crippen LogP contribution in [-0.4, -0.2) is 75.1 Å². The van der Waals surface area contributed by atoms with Crippen LogP contribution >= 0.6 is 0 Å². The molecule has 1 heterocycles. The van der Waals surface area contributed by atoms with Crippen molar-refractivity contribution in [3.8, 4) is 0 Å². The van der Waals surface area contributed by atoms with E-state index in [0.29, 0.717) is 12.6 Å². The Hall–Kier alpha value is -0.200. The summed E-state index contributed by atoms with van der Waals surface area (Å²) >= 11 is 0. The lowest BCUT2D eigenvalue weighted by molar-refractivity contribution is -0.185. The molecule has 0 aliphatic carbocycles. The van der Waals surface area contributed by atoms with E-state index in [2.05, 4.69) is 30.7 Å². The molecule has 2 N–H and O–H groups in total. The van der Waals surface area contributed by atoms with Crippen molar-refractivity contribution in [3.63, 3.8) is 0 Å². The summed E-state index contributed by atoms with van der Waals surface area (Å²) in [5.41, 5.74) is 5.72. The fraction of sp³-hybridized carbons (Fsp3) is 1.00. The molecule has 0 aromatic rings. The van der Waals surface area contributed by atoms with Crippen molar-refractivity contribution in [2.24, 2.45) is 5.73 Å². The first kappa shape index (κ1) is 16.9. The van der Waals surface area contributed by atoms with Gasteiger partial charge in [0, 0.05) is 26.8 Å². The second-order valence-electron chi connectivity index (χ2n) is 5.64. The van der Waals surface area contributed by atoms with E-state index in [4.69, 9.17) is 15.2 Å². The Morgan fingerprint density at radius 1 is 1.32 bits per heavy atom. The number of hydrogen-bond acceptors (Lipinski definition) is 5. The van der Waals surface area contributed by atoms with E-state index < -0.39 is 0 Å². The molecule has 0 amide bonds. The molecule has 1 fully saturated rings. The van der Waals surface area contributed by atoms with Crippen molar-refractivity contribution < 1.29 is 9.47 Å². The van der Waals surface area contributed by atoms with Gasteiger partial charge < -0.3 is 20.1 Å². The van der Waals surface area contributed by atoms with Gasteiger partial charge in [0.25, 0.3) is 0 Å². The van der Waals surface area contributed by atoms with Gasteiger partial charge in [-0.2, -0.15) is 0 Å². The Balaban J connectivity index is 2.70. The number of rotatable bonds is 7. The molecule has 114 valence electrons. The van der Waals surface area contributed by atoms with Gasteiger partial charge >= 0.3 is 0 Å². The Bertz CT molecular complexity index is 253. The van der Waals surface area contributed by atoms with Crippen molar-refractivity contribution >= 4 is 0 Å². The van der Waals surface area contributed by atoms with Crippen LogP contribution in [0, 0.1) is 0 Å². The molecule has 1 unspecified atom stereocenters. The van der Waals surface area contributed by atoms with Crippen molar-refractivity contribution in [1.82, 2.24) is 9.80 Å². The van der Waals surface area contributed by atoms with Crippen molar-refractivity contribution in [2.45, 2.75) is 44.6 Å². The van der Waals surface area contributed by atoms with Gasteiger partial charge in [0.15, 0.2) is 6.29 Å². The molecule has 1 atom stereocenters. The number of likely N-dealkylation sites (N-methyl/N-ethyl adjacent to an activating group) is 1. The zero-order valence-corrected chi connectivity index (χ0v) is 13.2. The van der Waals surface area contributed by atoms with Crippen LogP contribution in [0.25, 0.3) is 0 Å². The summed E-state index contributed by atoms with van der Waals surface area (Å²) in [7, 11) is 5.50. The van der Waals surface area contributed by atoms with E-state index in [1.54, 1.807) is 14.2 Å². The molecule has 5 heteroatoms. The minimum absolute atomic E-state index is 0.289. The summed E-state index contributed by atoms with van der Waals surface area (Å²) < 4.78 is 10.9. The number of ether oxygens (including phenoxy) is 2. The van der Waals surface area contributed by atoms with E-state index in [1.165, 1.54) is 12.8 Å². The van der Waals surface area contributed by atoms with E-state index >= 15 is 0 Å². The summed E-state index contributed by atoms with van der Waals surface area (Å²) in [6, 6.07) is 0.546. The van der Waals surface area contributed by atoms with Gasteiger partial charge in [0.2, 0.25) is 0 Å². The summed E-state index contributed by atoms with van der Waals surface area (Å²) in [6.07, 6.45) is 2.06. The highest BCUT2D eigenvalue weighted by Crippen LogP contribution is 2.26. The largest absolute Gasteiger partial charge is 0.354 e. The molecule has 0 spiro atoms. The lowest BCUT2D eigenvalue weighted by Crippen LogP contribution is -2.63. The first-order valence-corrected chi connectivity index (χ1v) is 7.24. The molecular formula is C14H31N3O2. The van der Waals surface area contributed by atoms with Crippen LogP contribution < -0.4 is 5.73 Å². The molecule has 5 nitrogen and oxygen atoms in total. The maximum Gasteiger partial charge on any atom is 0.176 e. The normalized spacial score (nSPS) is 22.1. The smallest absolute Gasteiger partial charge is 0.176 e. The lowest BCUT2D eigenvalue weighted by atomic mass is 9.93. The molecule has 0 saturated carbocycles. The predicted molar refractivity (Wildman–Crippen MR) is 78.2 cm³/mol. The fourth-order valence-corrected chi connectivity index (χ4v) is 3.05. The van der Waals surface area contributed by atoms with E-state index in [-0.39, 0.29) is 11.8 Å². The van der Waals surface area contributed by atoms with Crippen LogP contribution in [0.4, 0.5) is 0 Å². The average Bonchev–Trinajstić information content (AvgIpc) is 2.47. The quantitative estimate of drug-likeness (QED) is 0.693. The summed E-state index contributed by atoms with van der Waals surface area (Å²) in [5.74, 6) is 0. The van der Waals surface area contributed by atoms with E-state index in [0.717, 1.165) is 19.6 Å². The van der Waals surface area contributed by atoms with Crippen LogP contribution in [0.3, 0.4) is 0 Å². The summed E-state index contributed by atoms with van der Waals surface area (Å²) in [5, 5.41) is 0. The van der Waals surface area contributed by atoms with Crippen LogP contribution in [0.5, 0.6) is 0 Å². The van der Waals surface area contributed by atoms with Crippen molar-refractivity contribution in [2.75, 3.05) is 47.4 Å². The minimum atomic E-state index is -0.299. The first-order valence-electron chi connectivity index (χ1n) is 7.24. The highest BCUT2D eigenvalue weighted by atomic mass is 16.7. The van der Waals surface area contributed by atoms with Gasteiger partial charge in [-0.1, -0.05) is 6.92 Å². The number of hydrogen-bond donors (Lipinski definition) is 1. The minimum Gasteiger partial charge on any atom is -0.354 e. The topological polar surface area (TPSA) is 51.0 Å². The monoisotopic (exact) mass is 273 g/mol. The van der Waals surface area contributed by atoms with Crippen LogP contribution in [-0.2, 0) is 9.47 Å². The summed E-state index contributed by atoms with van der Waals surface area (Å²) in [6.45, 7) is 8.33. The lowest BCUT2D eigenvalue weighted by Gasteiger charge is -2.48. The molecule has 19 heavy (non-hydrogen) atoms. The molecule has 0 aromatic heterocycles. The standard InChI is InChI=1S/C14H31N3O2/c1-6-17-9-7-12(8-10-17)16(3)14(2,11-15)13(18-4)19-5/h12-13H,6-11,15H2,1-5H3. The second-order valence-corrected chi connectivity index (χ2v) is 5.64. The Kier molecular flexibility index (Phi) is 6.69. The third-order valence-corrected chi connectivity index (χ3v) is 4.71. The third-order valence-electron chi connectivity index (χ3n) is 4.71. The average molecular weight is 273 g/mol. The van der Waals surface area contributed by atoms with Crippen LogP contribution in [0.2, 0.25) is 0 Å². The summed E-state index contributed by atoms with van der Waals surface area (Å²) in [4.78, 5) is 4.85.